The smallest absolute Gasteiger partial charge is 0.263 e. The summed E-state index contributed by atoms with van der Waals surface area (Å²) in [7, 11) is 0. The molecule has 0 aliphatic heterocycles. The lowest BCUT2D eigenvalue weighted by Gasteiger charge is -2.36. The van der Waals surface area contributed by atoms with Crippen LogP contribution in [-0.4, -0.2) is 24.9 Å². The maximum absolute atomic E-state index is 13.3. The van der Waals surface area contributed by atoms with E-state index >= 15 is 0 Å². The van der Waals surface area contributed by atoms with Crippen molar-refractivity contribution in [1.29, 1.82) is 0 Å². The summed E-state index contributed by atoms with van der Waals surface area (Å²) in [4.78, 5) is 0. The standard InChI is InChI=1S/C5Cl7F5O/c6-1(7,3(11,13)14)5(16,17)18-4(12,15)2(8,9)10. The van der Waals surface area contributed by atoms with Gasteiger partial charge in [-0.3, -0.25) is 4.74 Å². The van der Waals surface area contributed by atoms with Gasteiger partial charge in [0.2, 0.25) is 0 Å². The van der Waals surface area contributed by atoms with E-state index in [0.717, 1.165) is 0 Å². The molecular weight excluding hydrogens is 419 g/mol. The van der Waals surface area contributed by atoms with Gasteiger partial charge in [0.25, 0.3) is 8.13 Å². The molecule has 0 aromatic rings. The molecule has 0 aliphatic rings. The topological polar surface area (TPSA) is 9.23 Å². The van der Waals surface area contributed by atoms with Gasteiger partial charge in [0.15, 0.2) is 0 Å². The molecule has 0 bridgehead atoms. The van der Waals surface area contributed by atoms with Crippen molar-refractivity contribution in [1.82, 2.24) is 0 Å². The summed E-state index contributed by atoms with van der Waals surface area (Å²) in [5.41, 5.74) is 0. The molecule has 0 heterocycles. The monoisotopic (exact) mass is 416 g/mol. The van der Waals surface area contributed by atoms with Crippen LogP contribution in [0, 0.1) is 0 Å². The average molecular weight is 419 g/mol. The lowest BCUT2D eigenvalue weighted by Crippen LogP contribution is -2.55. The minimum absolute atomic E-state index is 3.12. The molecule has 1 atom stereocenters. The largest absolute Gasteiger partial charge is 0.399 e. The van der Waals surface area contributed by atoms with Crippen LogP contribution in [0.5, 0.6) is 0 Å². The van der Waals surface area contributed by atoms with Crippen LogP contribution in [0.1, 0.15) is 0 Å². The van der Waals surface area contributed by atoms with E-state index < -0.39 is 24.9 Å². The van der Waals surface area contributed by atoms with E-state index in [4.69, 9.17) is 34.8 Å². The van der Waals surface area contributed by atoms with Gasteiger partial charge in [-0.25, -0.2) is 0 Å². The molecular formula is C5Cl7F5O. The summed E-state index contributed by atoms with van der Waals surface area (Å²) in [6, 6.07) is 0. The van der Waals surface area contributed by atoms with Crippen molar-refractivity contribution in [2.75, 3.05) is 0 Å². The average Bonchev–Trinajstić information content (AvgIpc) is 1.96. The molecule has 0 aliphatic carbocycles. The molecule has 13 heteroatoms. The zero-order valence-corrected chi connectivity index (χ0v) is 12.7. The van der Waals surface area contributed by atoms with Crippen LogP contribution < -0.4 is 0 Å². The second-order valence-corrected chi connectivity index (χ2v) is 7.27. The summed E-state index contributed by atoms with van der Waals surface area (Å²) in [6.07, 6.45) is -5.29. The highest BCUT2D eigenvalue weighted by Crippen LogP contribution is 2.56. The number of hydrogen-bond acceptors (Lipinski definition) is 1. The Morgan fingerprint density at radius 3 is 1.22 bits per heavy atom. The van der Waals surface area contributed by atoms with Crippen molar-refractivity contribution in [3.05, 3.63) is 0 Å². The zero-order valence-electron chi connectivity index (χ0n) is 7.44. The van der Waals surface area contributed by atoms with Gasteiger partial charge in [0, 0.05) is 0 Å². The van der Waals surface area contributed by atoms with Crippen molar-refractivity contribution in [3.8, 4) is 0 Å². The third-order valence-electron chi connectivity index (χ3n) is 1.31. The number of rotatable bonds is 4. The maximum Gasteiger partial charge on any atom is 0.399 e. The molecule has 0 aromatic heterocycles. The van der Waals surface area contributed by atoms with Crippen LogP contribution in [0.3, 0.4) is 0 Å². The molecule has 18 heavy (non-hydrogen) atoms. The molecule has 0 radical (unpaired) electrons. The van der Waals surface area contributed by atoms with Gasteiger partial charge in [-0.05, 0) is 23.2 Å². The Kier molecular flexibility index (Phi) is 5.94. The third-order valence-corrected chi connectivity index (χ3v) is 4.08. The number of hydrogen-bond donors (Lipinski definition) is 0. The van der Waals surface area contributed by atoms with Crippen LogP contribution in [0.15, 0.2) is 0 Å². The van der Waals surface area contributed by atoms with Crippen molar-refractivity contribution in [3.63, 3.8) is 0 Å². The fourth-order valence-corrected chi connectivity index (χ4v) is 0.848. The van der Waals surface area contributed by atoms with Gasteiger partial charge in [-0.1, -0.05) is 58.0 Å². The summed E-state index contributed by atoms with van der Waals surface area (Å²) < 4.78 is 60.2. The predicted octanol–water partition coefficient (Wildman–Crippen LogP) is 5.83. The third kappa shape index (κ3) is 4.07. The molecule has 1 nitrogen and oxygen atoms in total. The Morgan fingerprint density at radius 2 is 1.00 bits per heavy atom. The second-order valence-electron chi connectivity index (χ2n) is 2.71. The van der Waals surface area contributed by atoms with E-state index in [1.165, 1.54) is 0 Å². The summed E-state index contributed by atoms with van der Waals surface area (Å²) in [6.45, 7) is 0. The van der Waals surface area contributed by atoms with Crippen LogP contribution in [0.25, 0.3) is 0 Å². The lowest BCUT2D eigenvalue weighted by atomic mass is 10.4. The summed E-state index contributed by atoms with van der Waals surface area (Å²) in [5.74, 6) is 0. The summed E-state index contributed by atoms with van der Waals surface area (Å²) in [5, 5.41) is -9.10. The number of alkyl halides is 12. The van der Waals surface area contributed by atoms with E-state index in [9.17, 15) is 22.0 Å². The van der Waals surface area contributed by atoms with Gasteiger partial charge >= 0.3 is 16.8 Å². The van der Waals surface area contributed by atoms with Crippen molar-refractivity contribution >= 4 is 81.2 Å². The minimum atomic E-state index is -5.29. The quantitative estimate of drug-likeness (QED) is 0.412. The minimum Gasteiger partial charge on any atom is -0.263 e. The molecule has 0 saturated heterocycles. The SMILES string of the molecule is FC(F)(Cl)C(Cl)(Cl)C(F)(F)OC(F)(Cl)C(Cl)(Cl)Cl. The Labute approximate surface area is 132 Å². The molecule has 0 saturated carbocycles. The Morgan fingerprint density at radius 1 is 0.667 bits per heavy atom. The van der Waals surface area contributed by atoms with Gasteiger partial charge in [0.05, 0.1) is 0 Å². The molecule has 0 fully saturated rings. The number of halogens is 12. The van der Waals surface area contributed by atoms with E-state index in [-0.39, 0.29) is 0 Å². The first-order chi connectivity index (χ1) is 7.46. The molecule has 0 rings (SSSR count). The molecule has 1 unspecified atom stereocenters. The van der Waals surface area contributed by atoms with Gasteiger partial charge in [-0.2, -0.15) is 22.0 Å². The highest BCUT2D eigenvalue weighted by molar-refractivity contribution is 6.70. The van der Waals surface area contributed by atoms with E-state index in [1.54, 1.807) is 0 Å². The van der Waals surface area contributed by atoms with Gasteiger partial charge in [-0.15, -0.1) is 0 Å². The Bertz CT molecular complexity index is 308. The Balaban J connectivity index is 5.33. The first-order valence-electron chi connectivity index (χ1n) is 3.43. The first-order valence-corrected chi connectivity index (χ1v) is 6.07. The second kappa shape index (κ2) is 5.44. The number of ether oxygens (including phenoxy) is 1. The van der Waals surface area contributed by atoms with Crippen LogP contribution >= 0.6 is 81.2 Å². The van der Waals surface area contributed by atoms with E-state index in [2.05, 4.69) is 51.1 Å². The summed E-state index contributed by atoms with van der Waals surface area (Å²) >= 11 is 32.7. The first kappa shape index (κ1) is 19.6. The van der Waals surface area contributed by atoms with Crippen molar-refractivity contribution < 1.29 is 26.7 Å². The van der Waals surface area contributed by atoms with Crippen LogP contribution in [0.4, 0.5) is 22.0 Å². The lowest BCUT2D eigenvalue weighted by molar-refractivity contribution is -0.321. The van der Waals surface area contributed by atoms with Crippen LogP contribution in [-0.2, 0) is 4.74 Å². The zero-order chi connectivity index (χ0) is 15.2. The highest BCUT2D eigenvalue weighted by Gasteiger charge is 2.71. The molecule has 0 N–H and O–H groups in total. The highest BCUT2D eigenvalue weighted by atomic mass is 35.6. The van der Waals surface area contributed by atoms with Crippen molar-refractivity contribution in [2.45, 2.75) is 24.9 Å². The normalized spacial score (nSPS) is 18.7. The fourth-order valence-electron chi connectivity index (χ4n) is 0.448. The fraction of sp³-hybridized carbons (Fsp3) is 1.00. The van der Waals surface area contributed by atoms with E-state index in [0.29, 0.717) is 0 Å². The maximum atomic E-state index is 13.3. The van der Waals surface area contributed by atoms with Gasteiger partial charge < -0.3 is 0 Å². The Hall–Kier alpha value is 1.64. The predicted molar refractivity (Wildman–Crippen MR) is 61.3 cm³/mol. The van der Waals surface area contributed by atoms with E-state index in [1.807, 2.05) is 0 Å². The van der Waals surface area contributed by atoms with Crippen LogP contribution in [0.2, 0.25) is 0 Å². The van der Waals surface area contributed by atoms with Crippen molar-refractivity contribution in [2.24, 2.45) is 0 Å². The molecule has 0 spiro atoms. The molecule has 0 amide bonds. The molecule has 0 aromatic carbocycles. The van der Waals surface area contributed by atoms with Gasteiger partial charge in [0.1, 0.15) is 0 Å². The molecule has 110 valence electrons.